The SMILES string of the molecule is CCCCCc1c(C/C=C(\C)CCC=C(C)C)c(O)cc(O)c1OC(C)O. The molecule has 1 atom stereocenters. The first-order valence-corrected chi connectivity index (χ1v) is 9.96. The third-order valence-corrected chi connectivity index (χ3v) is 4.52. The second-order valence-corrected chi connectivity index (χ2v) is 7.45. The molecule has 27 heavy (non-hydrogen) atoms. The summed E-state index contributed by atoms with van der Waals surface area (Å²) in [6.45, 7) is 9.93. The number of ether oxygens (including phenoxy) is 1. The molecule has 152 valence electrons. The Labute approximate surface area is 164 Å². The number of aliphatic hydroxyl groups excluding tert-OH is 1. The first kappa shape index (κ1) is 23.1. The van der Waals surface area contributed by atoms with Crippen LogP contribution in [0.3, 0.4) is 0 Å². The molecule has 0 aliphatic heterocycles. The maximum absolute atomic E-state index is 10.4. The Morgan fingerprint density at radius 1 is 1.07 bits per heavy atom. The van der Waals surface area contributed by atoms with Crippen LogP contribution in [0.15, 0.2) is 29.4 Å². The third kappa shape index (κ3) is 8.08. The van der Waals surface area contributed by atoms with Crippen LogP contribution in [0, 0.1) is 0 Å². The number of hydrogen-bond donors (Lipinski definition) is 3. The Hall–Kier alpha value is -1.94. The van der Waals surface area contributed by atoms with Gasteiger partial charge in [0.15, 0.2) is 17.8 Å². The van der Waals surface area contributed by atoms with Crippen molar-refractivity contribution in [2.24, 2.45) is 0 Å². The molecule has 1 unspecified atom stereocenters. The van der Waals surface area contributed by atoms with Crippen LogP contribution in [0.4, 0.5) is 0 Å². The molecule has 0 saturated carbocycles. The standard InChI is InChI=1S/C23H36O4/c1-6-7-8-12-20-19(14-13-17(4)11-9-10-16(2)3)21(25)15-22(26)23(20)27-18(5)24/h10,13,15,18,24-26H,6-9,11-12,14H2,1-5H3/b17-13+. The van der Waals surface area contributed by atoms with Crippen molar-refractivity contribution in [2.75, 3.05) is 0 Å². The molecule has 4 heteroatoms. The summed E-state index contributed by atoms with van der Waals surface area (Å²) in [6, 6.07) is 1.31. The Balaban J connectivity index is 3.12. The molecule has 4 nitrogen and oxygen atoms in total. The second kappa shape index (κ2) is 11.7. The summed E-state index contributed by atoms with van der Waals surface area (Å²) in [5.74, 6) is 0.225. The van der Waals surface area contributed by atoms with Gasteiger partial charge in [0.05, 0.1) is 0 Å². The number of phenols is 2. The van der Waals surface area contributed by atoms with Crippen LogP contribution in [-0.2, 0) is 12.8 Å². The lowest BCUT2D eigenvalue weighted by Crippen LogP contribution is -2.12. The van der Waals surface area contributed by atoms with Gasteiger partial charge in [0.2, 0.25) is 0 Å². The summed E-state index contributed by atoms with van der Waals surface area (Å²) < 4.78 is 5.47. The van der Waals surface area contributed by atoms with Crippen molar-refractivity contribution < 1.29 is 20.1 Å². The van der Waals surface area contributed by atoms with Gasteiger partial charge in [-0.1, -0.05) is 43.1 Å². The van der Waals surface area contributed by atoms with E-state index in [2.05, 4.69) is 39.8 Å². The molecule has 0 aromatic heterocycles. The number of allylic oxidation sites excluding steroid dienone is 4. The molecule has 0 aliphatic carbocycles. The van der Waals surface area contributed by atoms with E-state index in [0.717, 1.165) is 43.2 Å². The molecular formula is C23H36O4. The smallest absolute Gasteiger partial charge is 0.194 e. The van der Waals surface area contributed by atoms with Gasteiger partial charge in [-0.25, -0.2) is 0 Å². The number of hydrogen-bond acceptors (Lipinski definition) is 4. The molecule has 1 rings (SSSR count). The Morgan fingerprint density at radius 2 is 1.78 bits per heavy atom. The van der Waals surface area contributed by atoms with Gasteiger partial charge in [-0.2, -0.15) is 0 Å². The van der Waals surface area contributed by atoms with Crippen LogP contribution in [-0.4, -0.2) is 21.6 Å². The van der Waals surface area contributed by atoms with E-state index >= 15 is 0 Å². The summed E-state index contributed by atoms with van der Waals surface area (Å²) in [4.78, 5) is 0. The van der Waals surface area contributed by atoms with Gasteiger partial charge in [-0.05, 0) is 59.8 Å². The van der Waals surface area contributed by atoms with Crippen LogP contribution in [0.5, 0.6) is 17.2 Å². The highest BCUT2D eigenvalue weighted by atomic mass is 16.6. The highest BCUT2D eigenvalue weighted by Gasteiger charge is 2.19. The molecule has 0 fully saturated rings. The third-order valence-electron chi connectivity index (χ3n) is 4.52. The molecular weight excluding hydrogens is 340 g/mol. The maximum atomic E-state index is 10.4. The summed E-state index contributed by atoms with van der Waals surface area (Å²) in [7, 11) is 0. The highest BCUT2D eigenvalue weighted by Crippen LogP contribution is 2.40. The van der Waals surface area contributed by atoms with Gasteiger partial charge < -0.3 is 20.1 Å². The quantitative estimate of drug-likeness (QED) is 0.260. The van der Waals surface area contributed by atoms with E-state index in [1.807, 2.05) is 0 Å². The van der Waals surface area contributed by atoms with Crippen LogP contribution < -0.4 is 4.74 Å². The van der Waals surface area contributed by atoms with Gasteiger partial charge in [-0.15, -0.1) is 0 Å². The van der Waals surface area contributed by atoms with Gasteiger partial charge >= 0.3 is 0 Å². The molecule has 0 aliphatic rings. The van der Waals surface area contributed by atoms with Crippen molar-refractivity contribution in [2.45, 2.75) is 85.9 Å². The van der Waals surface area contributed by atoms with Crippen molar-refractivity contribution >= 4 is 0 Å². The molecule has 0 spiro atoms. The predicted octanol–water partition coefficient (Wildman–Crippen LogP) is 5.78. The van der Waals surface area contributed by atoms with Gasteiger partial charge in [0.25, 0.3) is 0 Å². The van der Waals surface area contributed by atoms with Gasteiger partial charge in [0.1, 0.15) is 5.75 Å². The Morgan fingerprint density at radius 3 is 2.37 bits per heavy atom. The average Bonchev–Trinajstić information content (AvgIpc) is 2.57. The molecule has 0 bridgehead atoms. The molecule has 0 amide bonds. The maximum Gasteiger partial charge on any atom is 0.194 e. The number of benzene rings is 1. The van der Waals surface area contributed by atoms with Crippen molar-refractivity contribution in [1.29, 1.82) is 0 Å². The minimum atomic E-state index is -1.03. The van der Waals surface area contributed by atoms with Crippen molar-refractivity contribution in [3.05, 3.63) is 40.5 Å². The van der Waals surface area contributed by atoms with Crippen LogP contribution in [0.1, 0.15) is 77.8 Å². The minimum Gasteiger partial charge on any atom is -0.508 e. The van der Waals surface area contributed by atoms with E-state index in [4.69, 9.17) is 4.74 Å². The lowest BCUT2D eigenvalue weighted by Gasteiger charge is -2.19. The van der Waals surface area contributed by atoms with E-state index < -0.39 is 6.29 Å². The lowest BCUT2D eigenvalue weighted by molar-refractivity contribution is -0.00294. The molecule has 1 aromatic rings. The second-order valence-electron chi connectivity index (χ2n) is 7.45. The van der Waals surface area contributed by atoms with Crippen molar-refractivity contribution in [3.63, 3.8) is 0 Å². The van der Waals surface area contributed by atoms with Gasteiger partial charge in [0, 0.05) is 17.2 Å². The largest absolute Gasteiger partial charge is 0.508 e. The first-order valence-electron chi connectivity index (χ1n) is 9.96. The zero-order valence-corrected chi connectivity index (χ0v) is 17.5. The summed E-state index contributed by atoms with van der Waals surface area (Å²) in [5.41, 5.74) is 4.13. The van der Waals surface area contributed by atoms with Crippen LogP contribution >= 0.6 is 0 Å². The first-order chi connectivity index (χ1) is 12.8. The molecule has 0 saturated heterocycles. The summed E-state index contributed by atoms with van der Waals surface area (Å²) in [5, 5.41) is 30.3. The fraction of sp³-hybridized carbons (Fsp3) is 0.565. The fourth-order valence-corrected chi connectivity index (χ4v) is 3.04. The number of aliphatic hydroxyl groups is 1. The highest BCUT2D eigenvalue weighted by molar-refractivity contribution is 5.57. The van der Waals surface area contributed by atoms with Gasteiger partial charge in [-0.3, -0.25) is 0 Å². The van der Waals surface area contributed by atoms with E-state index in [-0.39, 0.29) is 17.2 Å². The van der Waals surface area contributed by atoms with E-state index in [1.54, 1.807) is 0 Å². The van der Waals surface area contributed by atoms with Crippen molar-refractivity contribution in [1.82, 2.24) is 0 Å². The van der Waals surface area contributed by atoms with Crippen LogP contribution in [0.25, 0.3) is 0 Å². The fourth-order valence-electron chi connectivity index (χ4n) is 3.04. The predicted molar refractivity (Wildman–Crippen MR) is 111 cm³/mol. The zero-order valence-electron chi connectivity index (χ0n) is 17.5. The van der Waals surface area contributed by atoms with E-state index in [1.165, 1.54) is 24.1 Å². The van der Waals surface area contributed by atoms with Crippen molar-refractivity contribution in [3.8, 4) is 17.2 Å². The Bertz CT molecular complexity index is 653. The number of rotatable bonds is 11. The molecule has 1 aromatic carbocycles. The number of aromatic hydroxyl groups is 2. The van der Waals surface area contributed by atoms with Crippen LogP contribution in [0.2, 0.25) is 0 Å². The topological polar surface area (TPSA) is 69.9 Å². The van der Waals surface area contributed by atoms with E-state index in [9.17, 15) is 15.3 Å². The lowest BCUT2D eigenvalue weighted by atomic mass is 9.95. The summed E-state index contributed by atoms with van der Waals surface area (Å²) in [6.07, 6.45) is 9.64. The zero-order chi connectivity index (χ0) is 20.4. The Kier molecular flexibility index (Phi) is 10.0. The van der Waals surface area contributed by atoms with E-state index in [0.29, 0.717) is 12.8 Å². The summed E-state index contributed by atoms with van der Waals surface area (Å²) >= 11 is 0. The average molecular weight is 377 g/mol. The molecule has 0 radical (unpaired) electrons. The number of phenolic OH excluding ortho intramolecular Hbond substituents is 2. The normalized spacial score (nSPS) is 12.7. The molecule has 3 N–H and O–H groups in total. The monoisotopic (exact) mass is 376 g/mol. The minimum absolute atomic E-state index is 0.0743. The number of unbranched alkanes of at least 4 members (excludes halogenated alkanes) is 2. The molecule has 0 heterocycles.